The van der Waals surface area contributed by atoms with E-state index in [1.165, 1.54) is 0 Å². The summed E-state index contributed by atoms with van der Waals surface area (Å²) in [5, 5.41) is 10.2. The van der Waals surface area contributed by atoms with Crippen LogP contribution in [-0.2, 0) is 0 Å². The Kier molecular flexibility index (Phi) is 8.93. The molecule has 4 rings (SSSR count). The monoisotopic (exact) mass is 522 g/mol. The third-order valence-electron chi connectivity index (χ3n) is 6.74. The van der Waals surface area contributed by atoms with Gasteiger partial charge < -0.3 is 20.3 Å². The van der Waals surface area contributed by atoms with E-state index in [0.717, 1.165) is 60.1 Å². The molecular weight excluding hydrogens is 488 g/mol. The molecule has 0 bridgehead atoms. The summed E-state index contributed by atoms with van der Waals surface area (Å²) in [6.07, 6.45) is 3.10. The molecule has 36 heavy (non-hydrogen) atoms. The quantitative estimate of drug-likeness (QED) is 0.345. The normalized spacial score (nSPS) is 14.8. The van der Waals surface area contributed by atoms with Gasteiger partial charge in [-0.05, 0) is 48.7 Å². The zero-order valence-electron chi connectivity index (χ0n) is 21.1. The molecule has 2 aromatic carbocycles. The summed E-state index contributed by atoms with van der Waals surface area (Å²) in [6, 6.07) is 15.7. The first kappa shape index (κ1) is 26.1. The molecule has 0 aliphatic carbocycles. The molecule has 190 valence electrons. The van der Waals surface area contributed by atoms with Crippen molar-refractivity contribution in [3.05, 3.63) is 64.6 Å². The molecule has 2 N–H and O–H groups in total. The second-order valence-corrected chi connectivity index (χ2v) is 10.5. The average Bonchev–Trinajstić information content (AvgIpc) is 3.42. The Morgan fingerprint density at radius 2 is 1.97 bits per heavy atom. The van der Waals surface area contributed by atoms with E-state index in [9.17, 15) is 4.79 Å². The van der Waals surface area contributed by atoms with Crippen LogP contribution >= 0.6 is 23.6 Å². The number of hydrogen-bond donors (Lipinski definition) is 2. The lowest BCUT2D eigenvalue weighted by molar-refractivity contribution is 0.102. The largest absolute Gasteiger partial charge is 0.497 e. The van der Waals surface area contributed by atoms with Gasteiger partial charge in [0.1, 0.15) is 11.4 Å². The summed E-state index contributed by atoms with van der Waals surface area (Å²) in [5.41, 5.74) is 3.11. The molecule has 1 unspecified atom stereocenters. The molecule has 1 amide bonds. The SMILES string of the molecule is CCC(C)CNC(=S)N1CCC(c2nc(C(=O)Nc3cc(OC)ccc3-c3ccccc3)cs2)CC1. The van der Waals surface area contributed by atoms with Crippen LogP contribution in [0.1, 0.15) is 54.5 Å². The number of piperidine rings is 1. The molecule has 1 atom stereocenters. The number of methoxy groups -OCH3 is 1. The second-order valence-electron chi connectivity index (χ2n) is 9.26. The summed E-state index contributed by atoms with van der Waals surface area (Å²) in [7, 11) is 1.62. The lowest BCUT2D eigenvalue weighted by atomic mass is 9.98. The third kappa shape index (κ3) is 6.42. The maximum Gasteiger partial charge on any atom is 0.275 e. The van der Waals surface area contributed by atoms with Crippen LogP contribution in [0, 0.1) is 5.92 Å². The van der Waals surface area contributed by atoms with Gasteiger partial charge in [0.2, 0.25) is 0 Å². The van der Waals surface area contributed by atoms with Crippen molar-refractivity contribution in [3.8, 4) is 16.9 Å². The Balaban J connectivity index is 1.39. The number of benzene rings is 2. The summed E-state index contributed by atoms with van der Waals surface area (Å²) >= 11 is 7.17. The number of carbonyl (C=O) groups is 1. The molecule has 0 saturated carbocycles. The van der Waals surface area contributed by atoms with Gasteiger partial charge in [-0.15, -0.1) is 11.3 Å². The highest BCUT2D eigenvalue weighted by atomic mass is 32.1. The van der Waals surface area contributed by atoms with Crippen molar-refractivity contribution in [1.82, 2.24) is 15.2 Å². The van der Waals surface area contributed by atoms with E-state index in [-0.39, 0.29) is 5.91 Å². The molecule has 1 fully saturated rings. The Morgan fingerprint density at radius 3 is 2.67 bits per heavy atom. The highest BCUT2D eigenvalue weighted by Crippen LogP contribution is 2.33. The number of hydrogen-bond acceptors (Lipinski definition) is 5. The van der Waals surface area contributed by atoms with Gasteiger partial charge >= 0.3 is 0 Å². The molecule has 0 radical (unpaired) electrons. The maximum atomic E-state index is 13.1. The minimum Gasteiger partial charge on any atom is -0.497 e. The molecule has 2 heterocycles. The summed E-state index contributed by atoms with van der Waals surface area (Å²) < 4.78 is 5.39. The van der Waals surface area contributed by atoms with Gasteiger partial charge in [0.15, 0.2) is 5.11 Å². The predicted octanol–water partition coefficient (Wildman–Crippen LogP) is 6.17. The predicted molar refractivity (Wildman–Crippen MR) is 152 cm³/mol. The van der Waals surface area contributed by atoms with Gasteiger partial charge in [-0.3, -0.25) is 4.79 Å². The molecular formula is C28H34N4O2S2. The maximum absolute atomic E-state index is 13.1. The van der Waals surface area contributed by atoms with Gasteiger partial charge in [-0.25, -0.2) is 4.98 Å². The minimum absolute atomic E-state index is 0.212. The fourth-order valence-electron chi connectivity index (χ4n) is 4.24. The number of likely N-dealkylation sites (tertiary alicyclic amines) is 1. The number of carbonyl (C=O) groups excluding carboxylic acids is 1. The summed E-state index contributed by atoms with van der Waals surface area (Å²) in [4.78, 5) is 20.1. The van der Waals surface area contributed by atoms with Crippen molar-refractivity contribution in [1.29, 1.82) is 0 Å². The molecule has 0 spiro atoms. The van der Waals surface area contributed by atoms with Crippen molar-refractivity contribution in [3.63, 3.8) is 0 Å². The molecule has 3 aromatic rings. The Bertz CT molecular complexity index is 1170. The van der Waals surface area contributed by atoms with Gasteiger partial charge in [-0.2, -0.15) is 0 Å². The highest BCUT2D eigenvalue weighted by Gasteiger charge is 2.25. The number of thiocarbonyl (C=S) groups is 1. The smallest absolute Gasteiger partial charge is 0.275 e. The zero-order chi connectivity index (χ0) is 25.5. The first-order chi connectivity index (χ1) is 17.5. The Labute approximate surface area is 223 Å². The van der Waals surface area contributed by atoms with E-state index in [4.69, 9.17) is 21.9 Å². The number of nitrogens with zero attached hydrogens (tertiary/aromatic N) is 2. The van der Waals surface area contributed by atoms with E-state index in [1.54, 1.807) is 18.4 Å². The van der Waals surface area contributed by atoms with Gasteiger partial charge in [0, 0.05) is 42.6 Å². The number of thiazole rings is 1. The first-order valence-electron chi connectivity index (χ1n) is 12.5. The Morgan fingerprint density at radius 1 is 1.22 bits per heavy atom. The number of anilines is 1. The van der Waals surface area contributed by atoms with Crippen molar-refractivity contribution < 1.29 is 9.53 Å². The number of nitrogens with one attached hydrogen (secondary N) is 2. The molecule has 1 aliphatic heterocycles. The lowest BCUT2D eigenvalue weighted by Gasteiger charge is -2.33. The van der Waals surface area contributed by atoms with Crippen LogP contribution in [0.25, 0.3) is 11.1 Å². The minimum atomic E-state index is -0.212. The number of amides is 1. The fraction of sp³-hybridized carbons (Fsp3) is 0.393. The van der Waals surface area contributed by atoms with Crippen LogP contribution in [0.2, 0.25) is 0 Å². The molecule has 8 heteroatoms. The second kappa shape index (κ2) is 12.3. The van der Waals surface area contributed by atoms with E-state index in [0.29, 0.717) is 29.0 Å². The van der Waals surface area contributed by atoms with Crippen LogP contribution in [0.3, 0.4) is 0 Å². The van der Waals surface area contributed by atoms with Gasteiger partial charge in [-0.1, -0.05) is 50.6 Å². The van der Waals surface area contributed by atoms with Crippen LogP contribution in [-0.4, -0.2) is 47.6 Å². The van der Waals surface area contributed by atoms with E-state index < -0.39 is 0 Å². The van der Waals surface area contributed by atoms with Crippen molar-refractivity contribution in [2.24, 2.45) is 5.92 Å². The van der Waals surface area contributed by atoms with Crippen molar-refractivity contribution in [2.75, 3.05) is 32.1 Å². The summed E-state index contributed by atoms with van der Waals surface area (Å²) in [6.45, 7) is 7.15. The number of ether oxygens (including phenoxy) is 1. The van der Waals surface area contributed by atoms with Crippen LogP contribution in [0.5, 0.6) is 5.75 Å². The van der Waals surface area contributed by atoms with E-state index in [1.807, 2.05) is 53.9 Å². The number of rotatable bonds is 8. The van der Waals surface area contributed by atoms with Crippen molar-refractivity contribution in [2.45, 2.75) is 39.0 Å². The summed E-state index contributed by atoms with van der Waals surface area (Å²) in [5.74, 6) is 1.44. The van der Waals surface area contributed by atoms with Gasteiger partial charge in [0.25, 0.3) is 5.91 Å². The molecule has 1 aromatic heterocycles. The molecule has 1 aliphatic rings. The number of aromatic nitrogens is 1. The highest BCUT2D eigenvalue weighted by molar-refractivity contribution is 7.80. The first-order valence-corrected chi connectivity index (χ1v) is 13.8. The van der Waals surface area contributed by atoms with Crippen LogP contribution in [0.15, 0.2) is 53.9 Å². The average molecular weight is 523 g/mol. The fourth-order valence-corrected chi connectivity index (χ4v) is 5.47. The molecule has 6 nitrogen and oxygen atoms in total. The van der Waals surface area contributed by atoms with Crippen LogP contribution in [0.4, 0.5) is 5.69 Å². The topological polar surface area (TPSA) is 66.5 Å². The van der Waals surface area contributed by atoms with E-state index >= 15 is 0 Å². The third-order valence-corrected chi connectivity index (χ3v) is 8.15. The molecule has 1 saturated heterocycles. The van der Waals surface area contributed by atoms with Crippen LogP contribution < -0.4 is 15.4 Å². The standard InChI is InChI=1S/C28H34N4O2S2/c1-4-19(2)17-29-28(35)32-14-12-21(13-15-32)27-31-25(18-36-27)26(33)30-24-16-22(34-3)10-11-23(24)20-8-6-5-7-9-20/h5-11,16,18-19,21H,4,12-15,17H2,1-3H3,(H,29,35)(H,30,33). The zero-order valence-corrected chi connectivity index (χ0v) is 22.8. The Hall–Kier alpha value is -2.97. The van der Waals surface area contributed by atoms with Crippen molar-refractivity contribution >= 4 is 40.3 Å². The lowest BCUT2D eigenvalue weighted by Crippen LogP contribution is -2.45. The van der Waals surface area contributed by atoms with E-state index in [2.05, 4.69) is 29.4 Å². The van der Waals surface area contributed by atoms with Gasteiger partial charge in [0.05, 0.1) is 17.8 Å².